The maximum absolute atomic E-state index is 12.6. The van der Waals surface area contributed by atoms with E-state index in [-0.39, 0.29) is 18.3 Å². The lowest BCUT2D eigenvalue weighted by atomic mass is 10.1. The van der Waals surface area contributed by atoms with E-state index < -0.39 is 5.97 Å². The van der Waals surface area contributed by atoms with Crippen molar-refractivity contribution in [1.29, 1.82) is 0 Å². The highest BCUT2D eigenvalue weighted by Crippen LogP contribution is 2.31. The Hall–Kier alpha value is -3.82. The van der Waals surface area contributed by atoms with Crippen molar-refractivity contribution in [2.75, 3.05) is 32.6 Å². The molecule has 3 rings (SSSR count). The molecule has 0 spiro atoms. The summed E-state index contributed by atoms with van der Waals surface area (Å²) in [6, 6.07) is 11.6. The molecule has 1 aromatic heterocycles. The summed E-state index contributed by atoms with van der Waals surface area (Å²) in [7, 11) is 4.00. The zero-order valence-electron chi connectivity index (χ0n) is 21.3. The number of carboxylic acid groups (broad SMARTS) is 1. The number of hydrogen-bond donors (Lipinski definition) is 3. The van der Waals surface area contributed by atoms with Gasteiger partial charge in [0, 0.05) is 36.4 Å². The molecule has 196 valence electrons. The van der Waals surface area contributed by atoms with Gasteiger partial charge in [-0.1, -0.05) is 23.7 Å². The molecule has 0 fully saturated rings. The lowest BCUT2D eigenvalue weighted by Gasteiger charge is -2.16. The zero-order valence-corrected chi connectivity index (χ0v) is 22.1. The summed E-state index contributed by atoms with van der Waals surface area (Å²) >= 11 is 6.27. The molecule has 0 saturated carbocycles. The van der Waals surface area contributed by atoms with Gasteiger partial charge in [-0.15, -0.1) is 0 Å². The summed E-state index contributed by atoms with van der Waals surface area (Å²) in [6.45, 7) is 5.41. The van der Waals surface area contributed by atoms with Gasteiger partial charge in [-0.3, -0.25) is 0 Å². The molecule has 9 nitrogen and oxygen atoms in total. The molecule has 3 N–H and O–H groups in total. The summed E-state index contributed by atoms with van der Waals surface area (Å²) in [6.07, 6.45) is 2.22. The van der Waals surface area contributed by atoms with Crippen molar-refractivity contribution in [1.82, 2.24) is 15.2 Å². The fraction of sp³-hybridized carbons (Fsp3) is 0.296. The number of rotatable bonds is 11. The molecule has 10 heteroatoms. The summed E-state index contributed by atoms with van der Waals surface area (Å²) in [5.74, 6) is 0.338. The van der Waals surface area contributed by atoms with Crippen LogP contribution in [0.5, 0.6) is 17.2 Å². The second kappa shape index (κ2) is 12.9. The third-order valence-electron chi connectivity index (χ3n) is 5.39. The van der Waals surface area contributed by atoms with Gasteiger partial charge in [-0.05, 0) is 69.3 Å². The van der Waals surface area contributed by atoms with Crippen LogP contribution in [0.2, 0.25) is 5.02 Å². The van der Waals surface area contributed by atoms with Gasteiger partial charge in [-0.2, -0.15) is 0 Å². The quantitative estimate of drug-likeness (QED) is 0.283. The standard InChI is InChI=1S/C27H31ClN4O5/c1-17-13-22(25(15-21(17)28)36-11-5-10-32(3)4)31-27(35)30-16-19-6-7-24(18(2)12-19)37-20-8-9-29-23(14-20)26(33)34/h6-9,12-15H,5,10-11,16H2,1-4H3,(H,33,34)(H2,30,31,35). The molecular weight excluding hydrogens is 496 g/mol. The first-order valence-corrected chi connectivity index (χ1v) is 12.1. The number of aryl methyl sites for hydroxylation is 2. The number of urea groups is 1. The third kappa shape index (κ3) is 8.37. The topological polar surface area (TPSA) is 113 Å². The predicted molar refractivity (Wildman–Crippen MR) is 143 cm³/mol. The van der Waals surface area contributed by atoms with Crippen LogP contribution < -0.4 is 20.1 Å². The highest BCUT2D eigenvalue weighted by atomic mass is 35.5. The Kier molecular flexibility index (Phi) is 9.71. The van der Waals surface area contributed by atoms with E-state index in [0.29, 0.717) is 34.6 Å². The lowest BCUT2D eigenvalue weighted by Crippen LogP contribution is -2.28. The van der Waals surface area contributed by atoms with Gasteiger partial charge in [-0.25, -0.2) is 14.6 Å². The summed E-state index contributed by atoms with van der Waals surface area (Å²) < 4.78 is 11.7. The molecule has 0 radical (unpaired) electrons. The molecule has 0 saturated heterocycles. The van der Waals surface area contributed by atoms with Gasteiger partial charge < -0.3 is 30.1 Å². The van der Waals surface area contributed by atoms with Crippen LogP contribution in [-0.2, 0) is 6.54 Å². The Morgan fingerprint density at radius 1 is 1.05 bits per heavy atom. The number of carboxylic acids is 1. The van der Waals surface area contributed by atoms with E-state index in [0.717, 1.165) is 29.7 Å². The van der Waals surface area contributed by atoms with E-state index in [4.69, 9.17) is 26.2 Å². The average Bonchev–Trinajstić information content (AvgIpc) is 2.85. The number of benzene rings is 2. The van der Waals surface area contributed by atoms with Crippen LogP contribution in [0, 0.1) is 13.8 Å². The molecule has 0 aliphatic rings. The first kappa shape index (κ1) is 27.8. The second-order valence-electron chi connectivity index (χ2n) is 8.79. The molecule has 0 aliphatic heterocycles. The zero-order chi connectivity index (χ0) is 26.9. The number of aromatic nitrogens is 1. The Morgan fingerprint density at radius 3 is 2.54 bits per heavy atom. The van der Waals surface area contributed by atoms with E-state index in [2.05, 4.69) is 20.5 Å². The van der Waals surface area contributed by atoms with Crippen LogP contribution in [-0.4, -0.2) is 54.2 Å². The van der Waals surface area contributed by atoms with Gasteiger partial charge in [0.2, 0.25) is 0 Å². The van der Waals surface area contributed by atoms with Gasteiger partial charge in [0.1, 0.15) is 17.2 Å². The number of hydrogen-bond acceptors (Lipinski definition) is 6. The predicted octanol–water partition coefficient (Wildman–Crippen LogP) is 5.49. The van der Waals surface area contributed by atoms with E-state index in [1.807, 2.05) is 40.1 Å². The number of amides is 2. The largest absolute Gasteiger partial charge is 0.491 e. The van der Waals surface area contributed by atoms with Crippen LogP contribution >= 0.6 is 11.6 Å². The SMILES string of the molecule is Cc1cc(NC(=O)NCc2ccc(Oc3ccnc(C(=O)O)c3)c(C)c2)c(OCCCN(C)C)cc1Cl. The van der Waals surface area contributed by atoms with Crippen molar-refractivity contribution in [3.05, 3.63) is 76.1 Å². The average molecular weight is 527 g/mol. The van der Waals surface area contributed by atoms with Gasteiger partial charge in [0.15, 0.2) is 5.69 Å². The second-order valence-corrected chi connectivity index (χ2v) is 9.20. The summed E-state index contributed by atoms with van der Waals surface area (Å²) in [4.78, 5) is 29.6. The molecule has 0 bridgehead atoms. The first-order valence-electron chi connectivity index (χ1n) is 11.7. The number of pyridine rings is 1. The first-order chi connectivity index (χ1) is 17.6. The number of nitrogens with one attached hydrogen (secondary N) is 2. The van der Waals surface area contributed by atoms with Crippen molar-refractivity contribution < 1.29 is 24.2 Å². The molecule has 0 aliphatic carbocycles. The minimum absolute atomic E-state index is 0.0972. The molecule has 2 amide bonds. The normalized spacial score (nSPS) is 10.8. The van der Waals surface area contributed by atoms with E-state index >= 15 is 0 Å². The number of carbonyl (C=O) groups is 2. The number of anilines is 1. The molecule has 0 unspecified atom stereocenters. The monoisotopic (exact) mass is 526 g/mol. The smallest absolute Gasteiger partial charge is 0.354 e. The molecule has 1 heterocycles. The Labute approximate surface area is 221 Å². The summed E-state index contributed by atoms with van der Waals surface area (Å²) in [5.41, 5.74) is 2.97. The number of ether oxygens (including phenoxy) is 2. The van der Waals surface area contributed by atoms with Gasteiger partial charge in [0.05, 0.1) is 12.3 Å². The van der Waals surface area contributed by atoms with Gasteiger partial charge in [0.25, 0.3) is 0 Å². The molecular formula is C27H31ClN4O5. The van der Waals surface area contributed by atoms with Crippen LogP contribution in [0.1, 0.15) is 33.6 Å². The molecule has 3 aromatic rings. The molecule has 37 heavy (non-hydrogen) atoms. The van der Waals surface area contributed by atoms with Crippen LogP contribution in [0.4, 0.5) is 10.5 Å². The maximum atomic E-state index is 12.6. The van der Waals surface area contributed by atoms with Crippen molar-refractivity contribution in [3.63, 3.8) is 0 Å². The Bertz CT molecular complexity index is 1270. The third-order valence-corrected chi connectivity index (χ3v) is 5.79. The maximum Gasteiger partial charge on any atom is 0.354 e. The van der Waals surface area contributed by atoms with Crippen LogP contribution in [0.15, 0.2) is 48.7 Å². The molecule has 0 atom stereocenters. The number of carbonyl (C=O) groups excluding carboxylic acids is 1. The fourth-order valence-electron chi connectivity index (χ4n) is 3.45. The number of halogens is 1. The van der Waals surface area contributed by atoms with Gasteiger partial charge >= 0.3 is 12.0 Å². The fourth-order valence-corrected chi connectivity index (χ4v) is 3.60. The Morgan fingerprint density at radius 2 is 1.84 bits per heavy atom. The van der Waals surface area contributed by atoms with Crippen molar-refractivity contribution >= 4 is 29.3 Å². The van der Waals surface area contributed by atoms with E-state index in [1.165, 1.54) is 12.3 Å². The molecule has 2 aromatic carbocycles. The lowest BCUT2D eigenvalue weighted by molar-refractivity contribution is 0.0690. The summed E-state index contributed by atoms with van der Waals surface area (Å²) in [5, 5.41) is 15.4. The number of aromatic carboxylic acids is 1. The van der Waals surface area contributed by atoms with Crippen molar-refractivity contribution in [3.8, 4) is 17.2 Å². The van der Waals surface area contributed by atoms with Crippen LogP contribution in [0.25, 0.3) is 0 Å². The van der Waals surface area contributed by atoms with E-state index in [1.54, 1.807) is 24.3 Å². The minimum Gasteiger partial charge on any atom is -0.491 e. The minimum atomic E-state index is -1.13. The van der Waals surface area contributed by atoms with Crippen molar-refractivity contribution in [2.24, 2.45) is 0 Å². The Balaban J connectivity index is 1.59. The number of nitrogens with zero attached hydrogens (tertiary/aromatic N) is 2. The highest BCUT2D eigenvalue weighted by molar-refractivity contribution is 6.31. The van der Waals surface area contributed by atoms with Crippen LogP contribution in [0.3, 0.4) is 0 Å². The van der Waals surface area contributed by atoms with E-state index in [9.17, 15) is 9.59 Å². The van der Waals surface area contributed by atoms with Crippen molar-refractivity contribution in [2.45, 2.75) is 26.8 Å². The highest BCUT2D eigenvalue weighted by Gasteiger charge is 2.12.